The molecule has 164 valence electrons. The van der Waals surface area contributed by atoms with Crippen LogP contribution in [0.3, 0.4) is 0 Å². The number of sulfonamides is 1. The Labute approximate surface area is 180 Å². The van der Waals surface area contributed by atoms with Crippen molar-refractivity contribution in [2.75, 3.05) is 20.2 Å². The van der Waals surface area contributed by atoms with E-state index >= 15 is 0 Å². The van der Waals surface area contributed by atoms with Crippen molar-refractivity contribution in [2.45, 2.75) is 36.7 Å². The van der Waals surface area contributed by atoms with Crippen LogP contribution in [0.4, 0.5) is 5.69 Å². The fourth-order valence-electron chi connectivity index (χ4n) is 4.22. The number of nitro groups is 1. The van der Waals surface area contributed by atoms with E-state index in [-0.39, 0.29) is 24.6 Å². The second kappa shape index (κ2) is 8.27. The number of likely N-dealkylation sites (tertiary alicyclic amines) is 1. The van der Waals surface area contributed by atoms with Gasteiger partial charge in [0.1, 0.15) is 11.8 Å². The fourth-order valence-corrected chi connectivity index (χ4v) is 5.92. The number of nitro benzene ring substituents is 1. The predicted octanol–water partition coefficient (Wildman–Crippen LogP) is 2.34. The van der Waals surface area contributed by atoms with E-state index in [1.807, 2.05) is 24.3 Å². The van der Waals surface area contributed by atoms with Crippen LogP contribution in [0.2, 0.25) is 0 Å². The van der Waals surface area contributed by atoms with E-state index in [9.17, 15) is 23.3 Å². The highest BCUT2D eigenvalue weighted by Crippen LogP contribution is 2.35. The summed E-state index contributed by atoms with van der Waals surface area (Å²) in [5, 5.41) is 11.6. The molecule has 0 spiro atoms. The third kappa shape index (κ3) is 3.88. The van der Waals surface area contributed by atoms with Gasteiger partial charge in [-0.15, -0.1) is 0 Å². The summed E-state index contributed by atoms with van der Waals surface area (Å²) in [4.78, 5) is 25.4. The average molecular weight is 445 g/mol. The zero-order valence-corrected chi connectivity index (χ0v) is 17.9. The summed E-state index contributed by atoms with van der Waals surface area (Å²) in [6.07, 6.45) is 1.99. The molecular formula is C21H23N3O6S. The third-order valence-corrected chi connectivity index (χ3v) is 7.76. The summed E-state index contributed by atoms with van der Waals surface area (Å²) in [5.74, 6) is -0.0777. The summed E-state index contributed by atoms with van der Waals surface area (Å²) in [5.41, 5.74) is 1.12. The Morgan fingerprint density at radius 2 is 1.81 bits per heavy atom. The number of methoxy groups -OCH3 is 1. The van der Waals surface area contributed by atoms with Gasteiger partial charge in [0.05, 0.1) is 18.1 Å². The van der Waals surface area contributed by atoms with Crippen LogP contribution in [0.5, 0.6) is 5.75 Å². The molecule has 1 atom stereocenters. The van der Waals surface area contributed by atoms with Crippen molar-refractivity contribution in [2.24, 2.45) is 0 Å². The van der Waals surface area contributed by atoms with Crippen molar-refractivity contribution in [3.8, 4) is 5.75 Å². The second-order valence-corrected chi connectivity index (χ2v) is 9.52. The van der Waals surface area contributed by atoms with E-state index in [0.717, 1.165) is 34.3 Å². The van der Waals surface area contributed by atoms with Gasteiger partial charge in [0.15, 0.2) is 4.90 Å². The Morgan fingerprint density at radius 1 is 1.13 bits per heavy atom. The van der Waals surface area contributed by atoms with Gasteiger partial charge in [-0.3, -0.25) is 14.9 Å². The first-order chi connectivity index (χ1) is 14.8. The lowest BCUT2D eigenvalue weighted by atomic mass is 9.95. The largest absolute Gasteiger partial charge is 0.497 e. The minimum atomic E-state index is -4.34. The molecule has 2 aromatic carbocycles. The monoisotopic (exact) mass is 445 g/mol. The van der Waals surface area contributed by atoms with Crippen molar-refractivity contribution >= 4 is 21.6 Å². The normalized spacial score (nSPS) is 19.1. The number of benzene rings is 2. The maximum atomic E-state index is 13.7. The summed E-state index contributed by atoms with van der Waals surface area (Å²) in [6.45, 7) is 1.16. The summed E-state index contributed by atoms with van der Waals surface area (Å²) >= 11 is 0. The highest BCUT2D eigenvalue weighted by atomic mass is 32.2. The van der Waals surface area contributed by atoms with Crippen molar-refractivity contribution in [1.29, 1.82) is 0 Å². The molecule has 1 amide bonds. The Balaban J connectivity index is 1.81. The molecule has 0 unspecified atom stereocenters. The average Bonchev–Trinajstić information content (AvgIpc) is 3.32. The number of amides is 1. The molecule has 1 fully saturated rings. The topological polar surface area (TPSA) is 110 Å². The van der Waals surface area contributed by atoms with Crippen molar-refractivity contribution < 1.29 is 22.9 Å². The molecule has 1 saturated heterocycles. The Bertz CT molecular complexity index is 1130. The molecule has 10 heteroatoms. The number of carbonyl (C=O) groups is 1. The van der Waals surface area contributed by atoms with Gasteiger partial charge in [0.25, 0.3) is 15.7 Å². The first-order valence-electron chi connectivity index (χ1n) is 10.0. The molecule has 2 aliphatic heterocycles. The zero-order valence-electron chi connectivity index (χ0n) is 17.1. The molecular weight excluding hydrogens is 422 g/mol. The molecule has 0 saturated carbocycles. The lowest BCUT2D eigenvalue weighted by molar-refractivity contribution is -0.387. The van der Waals surface area contributed by atoms with Crippen molar-refractivity contribution in [3.63, 3.8) is 0 Å². The molecule has 2 aliphatic rings. The maximum Gasteiger partial charge on any atom is 0.293 e. The van der Waals surface area contributed by atoms with Crippen LogP contribution in [0, 0.1) is 10.1 Å². The third-order valence-electron chi connectivity index (χ3n) is 5.86. The molecule has 0 aliphatic carbocycles. The molecule has 0 aromatic heterocycles. The Kier molecular flexibility index (Phi) is 5.67. The summed E-state index contributed by atoms with van der Waals surface area (Å²) < 4.78 is 33.5. The quantitative estimate of drug-likeness (QED) is 0.516. The number of nitrogens with zero attached hydrogens (tertiary/aromatic N) is 3. The number of carbonyl (C=O) groups excluding carboxylic acids is 1. The smallest absolute Gasteiger partial charge is 0.293 e. The minimum Gasteiger partial charge on any atom is -0.497 e. The van der Waals surface area contributed by atoms with Gasteiger partial charge < -0.3 is 9.64 Å². The fraction of sp³-hybridized carbons (Fsp3) is 0.381. The summed E-state index contributed by atoms with van der Waals surface area (Å²) in [6, 6.07) is 10.0. The van der Waals surface area contributed by atoms with E-state index in [1.165, 1.54) is 19.2 Å². The van der Waals surface area contributed by atoms with Crippen LogP contribution < -0.4 is 4.74 Å². The summed E-state index contributed by atoms with van der Waals surface area (Å²) in [7, 11) is -2.99. The van der Waals surface area contributed by atoms with E-state index in [2.05, 4.69) is 0 Å². The van der Waals surface area contributed by atoms with Crippen LogP contribution in [0.25, 0.3) is 0 Å². The standard InChI is InChI=1S/C21H23N3O6S/c1-30-17-8-9-20(18(13-17)24(26)27)31(28,29)23-14-16-7-3-2-6-15(16)12-19(23)21(25)22-10-4-5-11-22/h2-3,6-9,13,19H,4-5,10-12,14H2,1H3/t19-/m1/s1. The molecule has 9 nitrogen and oxygen atoms in total. The molecule has 2 heterocycles. The van der Waals surface area contributed by atoms with E-state index in [4.69, 9.17) is 4.74 Å². The van der Waals surface area contributed by atoms with E-state index in [0.29, 0.717) is 13.1 Å². The number of fused-ring (bicyclic) bond motifs is 1. The zero-order chi connectivity index (χ0) is 22.2. The SMILES string of the molecule is COc1ccc(S(=O)(=O)N2Cc3ccccc3C[C@@H]2C(=O)N2CCCC2)c([N+](=O)[O-])c1. The van der Waals surface area contributed by atoms with Gasteiger partial charge >= 0.3 is 0 Å². The Hall–Kier alpha value is -2.98. The predicted molar refractivity (Wildman–Crippen MR) is 112 cm³/mol. The highest BCUT2D eigenvalue weighted by molar-refractivity contribution is 7.89. The Morgan fingerprint density at radius 3 is 2.45 bits per heavy atom. The first-order valence-corrected chi connectivity index (χ1v) is 11.5. The van der Waals surface area contributed by atoms with Gasteiger partial charge in [0, 0.05) is 19.6 Å². The van der Waals surface area contributed by atoms with Crippen LogP contribution in [-0.4, -0.2) is 54.7 Å². The molecule has 2 aromatic rings. The van der Waals surface area contributed by atoms with Crippen LogP contribution in [0.1, 0.15) is 24.0 Å². The lowest BCUT2D eigenvalue weighted by Gasteiger charge is -2.36. The van der Waals surface area contributed by atoms with Gasteiger partial charge in [-0.05, 0) is 42.5 Å². The number of hydrogen-bond acceptors (Lipinski definition) is 6. The number of hydrogen-bond donors (Lipinski definition) is 0. The van der Waals surface area contributed by atoms with Crippen LogP contribution in [-0.2, 0) is 27.8 Å². The maximum absolute atomic E-state index is 13.7. The van der Waals surface area contributed by atoms with Gasteiger partial charge in [-0.1, -0.05) is 24.3 Å². The lowest BCUT2D eigenvalue weighted by Crippen LogP contribution is -2.53. The van der Waals surface area contributed by atoms with Gasteiger partial charge in [-0.2, -0.15) is 4.31 Å². The first kappa shape index (κ1) is 21.3. The molecule has 0 bridgehead atoms. The van der Waals surface area contributed by atoms with Crippen LogP contribution in [0.15, 0.2) is 47.4 Å². The number of rotatable bonds is 5. The number of ether oxygens (including phenoxy) is 1. The van der Waals surface area contributed by atoms with Crippen molar-refractivity contribution in [3.05, 3.63) is 63.7 Å². The van der Waals surface area contributed by atoms with Gasteiger partial charge in [0.2, 0.25) is 5.91 Å². The minimum absolute atomic E-state index is 0.0219. The van der Waals surface area contributed by atoms with E-state index < -0.39 is 31.6 Å². The second-order valence-electron chi connectivity index (χ2n) is 7.66. The molecule has 4 rings (SSSR count). The highest BCUT2D eigenvalue weighted by Gasteiger charge is 2.43. The van der Waals surface area contributed by atoms with E-state index in [1.54, 1.807) is 4.90 Å². The van der Waals surface area contributed by atoms with Crippen LogP contribution >= 0.6 is 0 Å². The molecule has 31 heavy (non-hydrogen) atoms. The molecule has 0 N–H and O–H groups in total. The van der Waals surface area contributed by atoms with Gasteiger partial charge in [-0.25, -0.2) is 8.42 Å². The van der Waals surface area contributed by atoms with Crippen molar-refractivity contribution in [1.82, 2.24) is 9.21 Å². The molecule has 0 radical (unpaired) electrons.